The molecular weight excluding hydrogens is 516 g/mol. The number of nitrogens with zero attached hydrogens (tertiary/aromatic N) is 3. The quantitative estimate of drug-likeness (QED) is 0.409. The summed E-state index contributed by atoms with van der Waals surface area (Å²) in [7, 11) is 0. The fourth-order valence-electron chi connectivity index (χ4n) is 7.34. The van der Waals surface area contributed by atoms with Crippen molar-refractivity contribution in [3.05, 3.63) is 95.2 Å². The molecule has 1 aromatic heterocycles. The van der Waals surface area contributed by atoms with E-state index in [0.717, 1.165) is 47.2 Å². The van der Waals surface area contributed by atoms with Crippen molar-refractivity contribution < 1.29 is 19.1 Å². The Labute approximate surface area is 238 Å². The molecule has 4 aliphatic rings. The van der Waals surface area contributed by atoms with Crippen LogP contribution in [0.5, 0.6) is 11.5 Å². The topological polar surface area (TPSA) is 78.1 Å². The normalized spacial score (nSPS) is 24.6. The number of rotatable bonds is 4. The number of para-hydroxylation sites is 1. The van der Waals surface area contributed by atoms with E-state index in [1.165, 1.54) is 5.56 Å². The van der Waals surface area contributed by atoms with Crippen LogP contribution in [0.15, 0.2) is 72.8 Å². The number of nitrogens with one attached hydrogen (secondary N) is 1. The lowest BCUT2D eigenvalue weighted by atomic mass is 9.85. The van der Waals surface area contributed by atoms with Crippen LogP contribution in [0.3, 0.4) is 0 Å². The van der Waals surface area contributed by atoms with Gasteiger partial charge in [-0.15, -0.1) is 0 Å². The van der Waals surface area contributed by atoms with Crippen molar-refractivity contribution in [1.29, 1.82) is 0 Å². The molecule has 208 valence electrons. The summed E-state index contributed by atoms with van der Waals surface area (Å²) in [4.78, 5) is 38.1. The van der Waals surface area contributed by atoms with Crippen LogP contribution in [-0.4, -0.2) is 70.0 Å². The van der Waals surface area contributed by atoms with Crippen LogP contribution in [0.1, 0.15) is 47.8 Å². The predicted molar refractivity (Wildman–Crippen MR) is 154 cm³/mol. The molecule has 5 heterocycles. The molecule has 8 nitrogen and oxygen atoms in total. The maximum absolute atomic E-state index is 14.3. The number of hydrogen-bond donors (Lipinski definition) is 1. The number of piperazine rings is 1. The van der Waals surface area contributed by atoms with Crippen LogP contribution in [-0.2, 0) is 16.0 Å². The van der Waals surface area contributed by atoms with Crippen LogP contribution in [0.4, 0.5) is 0 Å². The van der Waals surface area contributed by atoms with Crippen molar-refractivity contribution in [3.63, 3.8) is 0 Å². The van der Waals surface area contributed by atoms with Crippen molar-refractivity contribution in [2.24, 2.45) is 0 Å². The fourth-order valence-corrected chi connectivity index (χ4v) is 7.34. The number of fused-ring (bicyclic) bond motifs is 5. The van der Waals surface area contributed by atoms with Gasteiger partial charge in [0.25, 0.3) is 0 Å². The van der Waals surface area contributed by atoms with Crippen LogP contribution in [0.25, 0.3) is 10.9 Å². The summed E-state index contributed by atoms with van der Waals surface area (Å²) in [6.07, 6.45) is 1.37. The maximum atomic E-state index is 14.3. The predicted octanol–water partition coefficient (Wildman–Crippen LogP) is 4.42. The Bertz CT molecular complexity index is 1670. The van der Waals surface area contributed by atoms with Gasteiger partial charge in [-0.3, -0.25) is 14.5 Å². The first-order valence-electron chi connectivity index (χ1n) is 14.5. The molecule has 8 rings (SSSR count). The summed E-state index contributed by atoms with van der Waals surface area (Å²) in [5.74, 6) is 1.39. The minimum absolute atomic E-state index is 0.0175. The number of amides is 2. The van der Waals surface area contributed by atoms with Gasteiger partial charge in [-0.25, -0.2) is 0 Å². The molecule has 1 unspecified atom stereocenters. The van der Waals surface area contributed by atoms with Gasteiger partial charge in [0.15, 0.2) is 11.5 Å². The Kier molecular flexibility index (Phi) is 5.60. The number of carbonyl (C=O) groups excluding carboxylic acids is 2. The average molecular weight is 549 g/mol. The van der Waals surface area contributed by atoms with Gasteiger partial charge < -0.3 is 24.3 Å². The number of carbonyl (C=O) groups is 2. The zero-order chi connectivity index (χ0) is 27.7. The van der Waals surface area contributed by atoms with Crippen LogP contribution in [0, 0.1) is 0 Å². The first-order chi connectivity index (χ1) is 20.1. The molecule has 8 heteroatoms. The fraction of sp³-hybridized carbons (Fsp3) is 0.333. The Morgan fingerprint density at radius 1 is 0.951 bits per heavy atom. The lowest BCUT2D eigenvalue weighted by molar-refractivity contribution is -0.160. The smallest absolute Gasteiger partial charge is 0.246 e. The summed E-state index contributed by atoms with van der Waals surface area (Å²) in [6.45, 7) is 4.18. The first-order valence-corrected chi connectivity index (χ1v) is 14.5. The number of ether oxygens (including phenoxy) is 2. The third-order valence-electron chi connectivity index (χ3n) is 9.47. The van der Waals surface area contributed by atoms with E-state index in [2.05, 4.69) is 53.2 Å². The summed E-state index contributed by atoms with van der Waals surface area (Å²) in [6, 6.07) is 23.8. The molecule has 4 atom stereocenters. The molecule has 41 heavy (non-hydrogen) atoms. The summed E-state index contributed by atoms with van der Waals surface area (Å²) in [5, 5.41) is 1.11. The highest BCUT2D eigenvalue weighted by molar-refractivity contribution is 5.98. The highest BCUT2D eigenvalue weighted by atomic mass is 16.7. The lowest BCUT2D eigenvalue weighted by Gasteiger charge is -2.48. The molecule has 0 saturated carbocycles. The second kappa shape index (κ2) is 9.38. The van der Waals surface area contributed by atoms with Gasteiger partial charge >= 0.3 is 0 Å². The minimum atomic E-state index is -0.557. The summed E-state index contributed by atoms with van der Waals surface area (Å²) in [5.41, 5.74) is 5.27. The van der Waals surface area contributed by atoms with Gasteiger partial charge in [0.1, 0.15) is 12.6 Å². The first kappa shape index (κ1) is 24.5. The zero-order valence-corrected chi connectivity index (χ0v) is 23.0. The molecule has 0 aliphatic carbocycles. The standard InChI is InChI=1S/C33H32N4O4/c1-20(21-7-3-2-4-8-21)35-14-13-23(17-35)36-18-30(38)37-27(33(36)39)16-25-24-9-5-6-10-26(24)34-31(25)32(37)22-11-12-28-29(15-22)41-19-40-28/h2-12,15,20,23,27,32,34H,13-14,16-19H2,1H3/t20?,23-,27-,32-/m1/s1. The zero-order valence-electron chi connectivity index (χ0n) is 23.0. The highest BCUT2D eigenvalue weighted by Crippen LogP contribution is 2.45. The number of likely N-dealkylation sites (tertiary alicyclic amines) is 1. The molecule has 3 aromatic carbocycles. The van der Waals surface area contributed by atoms with Gasteiger partial charge in [-0.05, 0) is 48.2 Å². The molecule has 2 amide bonds. The molecular formula is C33H32N4O4. The molecule has 0 bridgehead atoms. The largest absolute Gasteiger partial charge is 0.454 e. The van der Waals surface area contributed by atoms with Gasteiger partial charge in [0.2, 0.25) is 18.6 Å². The van der Waals surface area contributed by atoms with Crippen molar-refractivity contribution in [2.75, 3.05) is 26.4 Å². The van der Waals surface area contributed by atoms with E-state index >= 15 is 0 Å². The van der Waals surface area contributed by atoms with Crippen LogP contribution < -0.4 is 9.47 Å². The molecule has 1 N–H and O–H groups in total. The van der Waals surface area contributed by atoms with Gasteiger partial charge in [-0.1, -0.05) is 54.6 Å². The maximum Gasteiger partial charge on any atom is 0.246 e. The van der Waals surface area contributed by atoms with Crippen molar-refractivity contribution in [2.45, 2.75) is 43.9 Å². The summed E-state index contributed by atoms with van der Waals surface area (Å²) < 4.78 is 11.2. The number of aromatic amines is 1. The molecule has 2 saturated heterocycles. The van der Waals surface area contributed by atoms with E-state index in [-0.39, 0.29) is 37.2 Å². The van der Waals surface area contributed by atoms with Gasteiger partial charge in [0, 0.05) is 48.2 Å². The van der Waals surface area contributed by atoms with E-state index in [0.29, 0.717) is 17.9 Å². The van der Waals surface area contributed by atoms with Crippen LogP contribution >= 0.6 is 0 Å². The minimum Gasteiger partial charge on any atom is -0.454 e. The Balaban J connectivity index is 1.14. The van der Waals surface area contributed by atoms with Crippen LogP contribution in [0.2, 0.25) is 0 Å². The highest BCUT2D eigenvalue weighted by Gasteiger charge is 2.50. The van der Waals surface area contributed by atoms with Crippen molar-refractivity contribution in [1.82, 2.24) is 19.7 Å². The Hall–Kier alpha value is -4.30. The van der Waals surface area contributed by atoms with E-state index in [9.17, 15) is 9.59 Å². The third kappa shape index (κ3) is 3.84. The van der Waals surface area contributed by atoms with Gasteiger partial charge in [-0.2, -0.15) is 0 Å². The average Bonchev–Trinajstić information content (AvgIpc) is 3.76. The SMILES string of the molecule is CC(c1ccccc1)N1CC[C@@H](N2CC(=O)N3[C@H](c4ccc5c(c4)OCO5)c4[nH]c5ccccc5c4C[C@@H]3C2=O)C1. The molecule has 0 radical (unpaired) electrons. The lowest BCUT2D eigenvalue weighted by Crippen LogP contribution is -2.65. The monoisotopic (exact) mass is 548 g/mol. The van der Waals surface area contributed by atoms with Crippen molar-refractivity contribution in [3.8, 4) is 11.5 Å². The number of aromatic nitrogens is 1. The molecule has 4 aromatic rings. The van der Waals surface area contributed by atoms with E-state index < -0.39 is 12.1 Å². The molecule has 0 spiro atoms. The van der Waals surface area contributed by atoms with E-state index in [1.807, 2.05) is 46.2 Å². The Morgan fingerprint density at radius 3 is 2.63 bits per heavy atom. The van der Waals surface area contributed by atoms with Crippen molar-refractivity contribution >= 4 is 22.7 Å². The number of H-pyrrole nitrogens is 1. The second-order valence-electron chi connectivity index (χ2n) is 11.6. The number of benzene rings is 3. The third-order valence-corrected chi connectivity index (χ3v) is 9.47. The Morgan fingerprint density at radius 2 is 1.76 bits per heavy atom. The molecule has 4 aliphatic heterocycles. The molecule has 2 fully saturated rings. The van der Waals surface area contributed by atoms with E-state index in [4.69, 9.17) is 9.47 Å². The second-order valence-corrected chi connectivity index (χ2v) is 11.6. The number of hydrogen-bond acceptors (Lipinski definition) is 5. The summed E-state index contributed by atoms with van der Waals surface area (Å²) >= 11 is 0. The van der Waals surface area contributed by atoms with Gasteiger partial charge in [0.05, 0.1) is 6.04 Å². The van der Waals surface area contributed by atoms with E-state index in [1.54, 1.807) is 0 Å².